The molecule has 0 bridgehead atoms. The van der Waals surface area contributed by atoms with Crippen molar-refractivity contribution in [1.82, 2.24) is 9.80 Å². The SMILES string of the molecule is Cc1c(Br)cc(CC(N)C(=O)N2CCC(N3CCCCC3)CC2)cc1Br. The first kappa shape index (κ1) is 20.3. The zero-order chi connectivity index (χ0) is 18.7. The molecule has 2 aliphatic heterocycles. The number of likely N-dealkylation sites (tertiary alicyclic amines) is 2. The van der Waals surface area contributed by atoms with Crippen LogP contribution in [-0.4, -0.2) is 54.0 Å². The maximum absolute atomic E-state index is 12.8. The predicted molar refractivity (Wildman–Crippen MR) is 113 cm³/mol. The highest BCUT2D eigenvalue weighted by Crippen LogP contribution is 2.27. The molecule has 6 heteroatoms. The molecule has 26 heavy (non-hydrogen) atoms. The predicted octanol–water partition coefficient (Wildman–Crippen LogP) is 3.87. The van der Waals surface area contributed by atoms with Crippen molar-refractivity contribution in [2.24, 2.45) is 5.73 Å². The number of halogens is 2. The summed E-state index contributed by atoms with van der Waals surface area (Å²) in [6.07, 6.45) is 6.76. The lowest BCUT2D eigenvalue weighted by Crippen LogP contribution is -2.52. The fourth-order valence-corrected chi connectivity index (χ4v) is 5.41. The molecule has 2 saturated heterocycles. The van der Waals surface area contributed by atoms with Crippen molar-refractivity contribution in [3.63, 3.8) is 0 Å². The highest BCUT2D eigenvalue weighted by atomic mass is 79.9. The van der Waals surface area contributed by atoms with Crippen molar-refractivity contribution in [3.05, 3.63) is 32.2 Å². The zero-order valence-corrected chi connectivity index (χ0v) is 18.7. The number of rotatable bonds is 4. The third kappa shape index (κ3) is 4.89. The lowest BCUT2D eigenvalue weighted by molar-refractivity contribution is -0.134. The van der Waals surface area contributed by atoms with E-state index in [4.69, 9.17) is 5.73 Å². The fourth-order valence-electron chi connectivity index (χ4n) is 4.13. The molecule has 1 unspecified atom stereocenters. The van der Waals surface area contributed by atoms with Gasteiger partial charge in [0.2, 0.25) is 5.91 Å². The standard InChI is InChI=1S/C20H29Br2N3O/c1-14-17(21)11-15(12-18(14)22)13-19(23)20(26)25-9-5-16(6-10-25)24-7-3-2-4-8-24/h11-12,16,19H,2-10,13,23H2,1H3. The topological polar surface area (TPSA) is 49.6 Å². The van der Waals surface area contributed by atoms with E-state index in [0.717, 1.165) is 46.0 Å². The minimum atomic E-state index is -0.469. The quantitative estimate of drug-likeness (QED) is 0.702. The molecule has 0 radical (unpaired) electrons. The van der Waals surface area contributed by atoms with Crippen molar-refractivity contribution < 1.29 is 4.79 Å². The maximum atomic E-state index is 12.8. The summed E-state index contributed by atoms with van der Waals surface area (Å²) < 4.78 is 2.09. The van der Waals surface area contributed by atoms with Crippen LogP contribution in [-0.2, 0) is 11.2 Å². The second-order valence-corrected chi connectivity index (χ2v) is 9.36. The van der Waals surface area contributed by atoms with Crippen LogP contribution < -0.4 is 5.73 Å². The van der Waals surface area contributed by atoms with Crippen molar-refractivity contribution in [1.29, 1.82) is 0 Å². The van der Waals surface area contributed by atoms with Gasteiger partial charge in [-0.2, -0.15) is 0 Å². The largest absolute Gasteiger partial charge is 0.341 e. The van der Waals surface area contributed by atoms with Gasteiger partial charge in [0.05, 0.1) is 6.04 Å². The molecule has 1 amide bonds. The molecule has 144 valence electrons. The van der Waals surface area contributed by atoms with E-state index in [1.807, 2.05) is 4.90 Å². The van der Waals surface area contributed by atoms with Gasteiger partial charge in [-0.1, -0.05) is 38.3 Å². The molecule has 0 saturated carbocycles. The summed E-state index contributed by atoms with van der Waals surface area (Å²) in [5.74, 6) is 0.0925. The number of benzene rings is 1. The summed E-state index contributed by atoms with van der Waals surface area (Å²) in [5, 5.41) is 0. The van der Waals surface area contributed by atoms with Crippen molar-refractivity contribution >= 4 is 37.8 Å². The van der Waals surface area contributed by atoms with Gasteiger partial charge in [0.15, 0.2) is 0 Å². The Balaban J connectivity index is 1.53. The van der Waals surface area contributed by atoms with E-state index in [2.05, 4.69) is 55.8 Å². The molecule has 0 spiro atoms. The van der Waals surface area contributed by atoms with Gasteiger partial charge >= 0.3 is 0 Å². The number of hydrogen-bond acceptors (Lipinski definition) is 3. The van der Waals surface area contributed by atoms with Crippen LogP contribution in [0, 0.1) is 6.92 Å². The van der Waals surface area contributed by atoms with Crippen LogP contribution in [0.1, 0.15) is 43.2 Å². The molecular weight excluding hydrogens is 458 g/mol. The second-order valence-electron chi connectivity index (χ2n) is 7.65. The summed E-state index contributed by atoms with van der Waals surface area (Å²) in [4.78, 5) is 17.4. The van der Waals surface area contributed by atoms with Gasteiger partial charge in [-0.15, -0.1) is 0 Å². The van der Waals surface area contributed by atoms with Crippen LogP contribution in [0.2, 0.25) is 0 Å². The third-order valence-corrected chi connectivity index (χ3v) is 7.44. The summed E-state index contributed by atoms with van der Waals surface area (Å²) in [7, 11) is 0. The van der Waals surface area contributed by atoms with Crippen molar-refractivity contribution in [2.75, 3.05) is 26.2 Å². The molecule has 2 fully saturated rings. The molecule has 1 atom stereocenters. The van der Waals surface area contributed by atoms with Gasteiger partial charge in [-0.3, -0.25) is 4.79 Å². The Labute approximate surface area is 173 Å². The Morgan fingerprint density at radius 1 is 1.12 bits per heavy atom. The monoisotopic (exact) mass is 485 g/mol. The average molecular weight is 487 g/mol. The first-order chi connectivity index (χ1) is 12.5. The molecule has 2 N–H and O–H groups in total. The smallest absolute Gasteiger partial charge is 0.239 e. The lowest BCUT2D eigenvalue weighted by atomic mass is 9.98. The Kier molecular flexibility index (Phi) is 7.17. The fraction of sp³-hybridized carbons (Fsp3) is 0.650. The summed E-state index contributed by atoms with van der Waals surface area (Å²) in [5.41, 5.74) is 8.51. The minimum Gasteiger partial charge on any atom is -0.341 e. The summed E-state index contributed by atoms with van der Waals surface area (Å²) in [6.45, 7) is 6.20. The van der Waals surface area contributed by atoms with Gasteiger partial charge in [-0.05, 0) is 75.4 Å². The number of nitrogens with two attached hydrogens (primary N) is 1. The number of nitrogens with zero attached hydrogens (tertiary/aromatic N) is 2. The Morgan fingerprint density at radius 3 is 2.27 bits per heavy atom. The lowest BCUT2D eigenvalue weighted by Gasteiger charge is -2.40. The van der Waals surface area contributed by atoms with E-state index in [1.54, 1.807) is 0 Å². The highest BCUT2D eigenvalue weighted by Gasteiger charge is 2.29. The van der Waals surface area contributed by atoms with Crippen LogP contribution in [0.3, 0.4) is 0 Å². The number of carbonyl (C=O) groups is 1. The van der Waals surface area contributed by atoms with E-state index in [9.17, 15) is 4.79 Å². The molecule has 1 aromatic carbocycles. The zero-order valence-electron chi connectivity index (χ0n) is 15.5. The summed E-state index contributed by atoms with van der Waals surface area (Å²) in [6, 6.07) is 4.31. The van der Waals surface area contributed by atoms with E-state index < -0.39 is 6.04 Å². The molecule has 0 aliphatic carbocycles. The van der Waals surface area contributed by atoms with Gasteiger partial charge in [0.1, 0.15) is 0 Å². The Morgan fingerprint density at radius 2 is 1.69 bits per heavy atom. The molecule has 3 rings (SSSR count). The van der Waals surface area contributed by atoms with E-state index in [0.29, 0.717) is 12.5 Å². The maximum Gasteiger partial charge on any atom is 0.239 e. The summed E-state index contributed by atoms with van der Waals surface area (Å²) >= 11 is 7.15. The first-order valence-corrected chi connectivity index (χ1v) is 11.3. The van der Waals surface area contributed by atoms with Crippen LogP contribution in [0.5, 0.6) is 0 Å². The van der Waals surface area contributed by atoms with E-state index in [-0.39, 0.29) is 5.91 Å². The Bertz CT molecular complexity index is 615. The molecule has 2 heterocycles. The van der Waals surface area contributed by atoms with Gasteiger partial charge < -0.3 is 15.5 Å². The normalized spacial score (nSPS) is 21.0. The minimum absolute atomic E-state index is 0.0925. The van der Waals surface area contributed by atoms with Crippen LogP contribution >= 0.6 is 31.9 Å². The second kappa shape index (κ2) is 9.18. The van der Waals surface area contributed by atoms with Crippen molar-refractivity contribution in [3.8, 4) is 0 Å². The van der Waals surface area contributed by atoms with E-state index in [1.165, 1.54) is 32.4 Å². The van der Waals surface area contributed by atoms with Gasteiger partial charge in [-0.25, -0.2) is 0 Å². The first-order valence-electron chi connectivity index (χ1n) is 9.68. The van der Waals surface area contributed by atoms with Crippen LogP contribution in [0.25, 0.3) is 0 Å². The highest BCUT2D eigenvalue weighted by molar-refractivity contribution is 9.11. The average Bonchev–Trinajstić information content (AvgIpc) is 2.66. The van der Waals surface area contributed by atoms with Crippen LogP contribution in [0.15, 0.2) is 21.1 Å². The number of amides is 1. The molecule has 1 aromatic rings. The van der Waals surface area contributed by atoms with Gasteiger partial charge in [0, 0.05) is 28.1 Å². The number of carbonyl (C=O) groups excluding carboxylic acids is 1. The van der Waals surface area contributed by atoms with E-state index >= 15 is 0 Å². The van der Waals surface area contributed by atoms with Crippen molar-refractivity contribution in [2.45, 2.75) is 57.5 Å². The molecule has 4 nitrogen and oxygen atoms in total. The number of piperidine rings is 2. The third-order valence-electron chi connectivity index (χ3n) is 5.80. The Hall–Kier alpha value is -0.430. The molecular formula is C20H29Br2N3O. The number of hydrogen-bond donors (Lipinski definition) is 1. The van der Waals surface area contributed by atoms with Crippen LogP contribution in [0.4, 0.5) is 0 Å². The van der Waals surface area contributed by atoms with Gasteiger partial charge in [0.25, 0.3) is 0 Å². The molecule has 0 aromatic heterocycles. The molecule has 2 aliphatic rings.